The van der Waals surface area contributed by atoms with Gasteiger partial charge in [0.05, 0.1) is 17.8 Å². The number of H-pyrrole nitrogens is 1. The zero-order valence-corrected chi connectivity index (χ0v) is 26.1. The van der Waals surface area contributed by atoms with Gasteiger partial charge in [-0.25, -0.2) is 0 Å². The van der Waals surface area contributed by atoms with Crippen LogP contribution in [0.25, 0.3) is 0 Å². The number of rotatable bonds is 9. The van der Waals surface area contributed by atoms with Gasteiger partial charge in [0, 0.05) is 43.5 Å². The van der Waals surface area contributed by atoms with Crippen LogP contribution in [0.5, 0.6) is 0 Å². The van der Waals surface area contributed by atoms with Crippen LogP contribution in [0.3, 0.4) is 0 Å². The average Bonchev–Trinajstić information content (AvgIpc) is 3.37. The summed E-state index contributed by atoms with van der Waals surface area (Å²) in [5.74, 6) is -0.359. The fourth-order valence-electron chi connectivity index (χ4n) is 7.59. The van der Waals surface area contributed by atoms with Crippen LogP contribution in [0.1, 0.15) is 104 Å². The van der Waals surface area contributed by atoms with Gasteiger partial charge in [-0.05, 0) is 69.6 Å². The molecule has 2 aliphatic heterocycles. The van der Waals surface area contributed by atoms with Crippen LogP contribution in [-0.4, -0.2) is 87.2 Å². The summed E-state index contributed by atoms with van der Waals surface area (Å²) in [7, 11) is 1.62. The summed E-state index contributed by atoms with van der Waals surface area (Å²) in [5, 5.41) is 24.6. The number of hydrogen-bond acceptors (Lipinski definition) is 6. The molecule has 1 unspecified atom stereocenters. The number of nitrogens with zero attached hydrogens (tertiary/aromatic N) is 3. The highest BCUT2D eigenvalue weighted by Crippen LogP contribution is 2.40. The summed E-state index contributed by atoms with van der Waals surface area (Å²) in [6, 6.07) is 6.67. The van der Waals surface area contributed by atoms with E-state index in [1.165, 1.54) is 0 Å². The first-order valence-corrected chi connectivity index (χ1v) is 16.1. The average molecular weight is 593 g/mol. The summed E-state index contributed by atoms with van der Waals surface area (Å²) in [5.41, 5.74) is 3.68. The Morgan fingerprint density at radius 3 is 2.37 bits per heavy atom. The van der Waals surface area contributed by atoms with E-state index >= 15 is 0 Å². The summed E-state index contributed by atoms with van der Waals surface area (Å²) >= 11 is 0. The Labute approximate surface area is 255 Å². The molecular weight excluding hydrogens is 544 g/mol. The van der Waals surface area contributed by atoms with Crippen LogP contribution < -0.4 is 10.6 Å². The van der Waals surface area contributed by atoms with E-state index in [1.807, 2.05) is 43.0 Å². The monoisotopic (exact) mass is 592 g/mol. The largest absolute Gasteiger partial charge is 0.390 e. The molecule has 1 aromatic heterocycles. The number of unbranched alkanes of at least 4 members (excludes halogenated alkanes) is 1. The van der Waals surface area contributed by atoms with Gasteiger partial charge in [-0.1, -0.05) is 44.7 Å². The Bertz CT molecular complexity index is 1270. The number of benzene rings is 1. The van der Waals surface area contributed by atoms with E-state index in [2.05, 4.69) is 32.7 Å². The van der Waals surface area contributed by atoms with Crippen molar-refractivity contribution in [3.05, 3.63) is 52.3 Å². The lowest BCUT2D eigenvalue weighted by atomic mass is 9.77. The Kier molecular flexibility index (Phi) is 9.56. The number of aromatic nitrogens is 2. The number of carbonyl (C=O) groups excluding carboxylic acids is 3. The molecule has 0 radical (unpaired) electrons. The molecule has 3 fully saturated rings. The third-order valence-electron chi connectivity index (χ3n) is 10.1. The number of likely N-dealkylation sites (tertiary alicyclic amines) is 1. The zero-order valence-electron chi connectivity index (χ0n) is 26.1. The lowest BCUT2D eigenvalue weighted by Gasteiger charge is -2.53. The van der Waals surface area contributed by atoms with Gasteiger partial charge in [0.25, 0.3) is 5.91 Å². The molecule has 0 bridgehead atoms. The van der Waals surface area contributed by atoms with Gasteiger partial charge in [-0.15, -0.1) is 0 Å². The van der Waals surface area contributed by atoms with Gasteiger partial charge in [0.2, 0.25) is 11.8 Å². The first-order valence-electron chi connectivity index (χ1n) is 16.1. The van der Waals surface area contributed by atoms with Crippen LogP contribution in [0.2, 0.25) is 0 Å². The van der Waals surface area contributed by atoms with Crippen molar-refractivity contribution in [3.63, 3.8) is 0 Å². The quantitative estimate of drug-likeness (QED) is 0.353. The van der Waals surface area contributed by atoms with Gasteiger partial charge in [0.15, 0.2) is 0 Å². The Morgan fingerprint density at radius 1 is 1.12 bits per heavy atom. The Morgan fingerprint density at radius 2 is 1.79 bits per heavy atom. The highest BCUT2D eigenvalue weighted by atomic mass is 16.3. The fraction of sp³-hybridized carbons (Fsp3) is 0.636. The number of aliphatic hydroxyl groups is 1. The number of aliphatic hydroxyl groups excluding tert-OH is 1. The second-order valence-corrected chi connectivity index (χ2v) is 12.7. The molecule has 4 N–H and O–H groups in total. The third-order valence-corrected chi connectivity index (χ3v) is 10.1. The molecule has 1 aromatic carbocycles. The van der Waals surface area contributed by atoms with E-state index in [9.17, 15) is 19.5 Å². The van der Waals surface area contributed by atoms with E-state index in [-0.39, 0.29) is 29.7 Å². The van der Waals surface area contributed by atoms with E-state index in [4.69, 9.17) is 0 Å². The highest BCUT2D eigenvalue weighted by molar-refractivity contribution is 6.00. The van der Waals surface area contributed by atoms with Gasteiger partial charge >= 0.3 is 0 Å². The molecule has 2 aromatic rings. The molecule has 1 saturated carbocycles. The summed E-state index contributed by atoms with van der Waals surface area (Å²) in [6.07, 6.45) is 6.94. The number of carbonyl (C=O) groups is 3. The number of amides is 3. The van der Waals surface area contributed by atoms with E-state index in [1.54, 1.807) is 7.05 Å². The minimum absolute atomic E-state index is 0.0453. The predicted octanol–water partition coefficient (Wildman–Crippen LogP) is 3.38. The maximum Gasteiger partial charge on any atom is 0.251 e. The molecule has 10 heteroatoms. The minimum Gasteiger partial charge on any atom is -0.390 e. The second kappa shape index (κ2) is 13.2. The SMILES string of the molecule is CCCCN1C(=O)[C@@H]([C@H](O)C2CCCCC2)NC(=O)C12CCN(C(c1ccc(C(=O)NC)cc1)c1c(C)n[nH]c1C)CC2. The maximum absolute atomic E-state index is 14.1. The Hall–Kier alpha value is -3.24. The van der Waals surface area contributed by atoms with Gasteiger partial charge in [0.1, 0.15) is 11.6 Å². The molecule has 1 aliphatic carbocycles. The molecular formula is C33H48N6O4. The summed E-state index contributed by atoms with van der Waals surface area (Å²) in [6.45, 7) is 7.82. The van der Waals surface area contributed by atoms with Crippen LogP contribution in [0.15, 0.2) is 24.3 Å². The smallest absolute Gasteiger partial charge is 0.251 e. The highest BCUT2D eigenvalue weighted by Gasteiger charge is 2.55. The number of aryl methyl sites for hydroxylation is 2. The lowest BCUT2D eigenvalue weighted by Crippen LogP contribution is -2.75. The van der Waals surface area contributed by atoms with Gasteiger partial charge in [-0.2, -0.15) is 5.10 Å². The van der Waals surface area contributed by atoms with Crippen molar-refractivity contribution in [1.82, 2.24) is 30.6 Å². The number of hydrogen-bond donors (Lipinski definition) is 4. The molecule has 3 aliphatic rings. The van der Waals surface area contributed by atoms with E-state index in [0.717, 1.165) is 67.5 Å². The third kappa shape index (κ3) is 5.96. The summed E-state index contributed by atoms with van der Waals surface area (Å²) < 4.78 is 0. The standard InChI is InChI=1S/C33H48N6O4/c1-5-6-18-39-31(42)27(29(40)24-10-8-7-9-11-24)35-32(43)33(39)16-19-38(20-17-33)28(26-21(2)36-37-22(26)3)23-12-14-25(15-13-23)30(41)34-4/h12-15,24,27-29,40H,5-11,16-20H2,1-4H3,(H,34,41)(H,35,43)(H,36,37)/t27-,28?,29-/m1/s1. The second-order valence-electron chi connectivity index (χ2n) is 12.7. The topological polar surface area (TPSA) is 131 Å². The molecule has 10 nitrogen and oxygen atoms in total. The van der Waals surface area contributed by atoms with Crippen molar-refractivity contribution in [1.29, 1.82) is 0 Å². The van der Waals surface area contributed by atoms with Crippen LogP contribution in [0, 0.1) is 19.8 Å². The molecule has 5 rings (SSSR count). The van der Waals surface area contributed by atoms with Gasteiger partial charge in [-0.3, -0.25) is 24.4 Å². The number of piperidine rings is 1. The van der Waals surface area contributed by atoms with Crippen molar-refractivity contribution in [2.45, 2.75) is 102 Å². The number of piperazine rings is 1. The van der Waals surface area contributed by atoms with Crippen LogP contribution in [-0.2, 0) is 9.59 Å². The molecule has 1 spiro atoms. The van der Waals surface area contributed by atoms with E-state index < -0.39 is 17.7 Å². The molecule has 2 saturated heterocycles. The Balaban J connectivity index is 1.41. The molecule has 3 heterocycles. The first-order chi connectivity index (χ1) is 20.7. The molecule has 3 atom stereocenters. The zero-order chi connectivity index (χ0) is 30.7. The molecule has 43 heavy (non-hydrogen) atoms. The number of nitrogens with one attached hydrogen (secondary N) is 3. The predicted molar refractivity (Wildman–Crippen MR) is 164 cm³/mol. The first kappa shape index (κ1) is 31.2. The maximum atomic E-state index is 14.1. The fourth-order valence-corrected chi connectivity index (χ4v) is 7.59. The van der Waals surface area contributed by atoms with Crippen molar-refractivity contribution >= 4 is 17.7 Å². The number of aromatic amines is 1. The van der Waals surface area contributed by atoms with Crippen LogP contribution in [0.4, 0.5) is 0 Å². The van der Waals surface area contributed by atoms with Crippen molar-refractivity contribution in [3.8, 4) is 0 Å². The van der Waals surface area contributed by atoms with E-state index in [0.29, 0.717) is 38.0 Å². The normalized spacial score (nSPS) is 22.8. The lowest BCUT2D eigenvalue weighted by molar-refractivity contribution is -0.166. The minimum atomic E-state index is -0.931. The van der Waals surface area contributed by atoms with Crippen molar-refractivity contribution < 1.29 is 19.5 Å². The molecule has 234 valence electrons. The summed E-state index contributed by atoms with van der Waals surface area (Å²) in [4.78, 5) is 44.5. The van der Waals surface area contributed by atoms with Crippen molar-refractivity contribution in [2.75, 3.05) is 26.7 Å². The van der Waals surface area contributed by atoms with Crippen LogP contribution >= 0.6 is 0 Å². The van der Waals surface area contributed by atoms with Crippen molar-refractivity contribution in [2.24, 2.45) is 5.92 Å². The van der Waals surface area contributed by atoms with Gasteiger partial charge < -0.3 is 20.6 Å². The molecule has 3 amide bonds.